The minimum Gasteiger partial charge on any atom is -0.390 e. The lowest BCUT2D eigenvalue weighted by Gasteiger charge is -2.32. The minimum atomic E-state index is -3.32. The van der Waals surface area contributed by atoms with Gasteiger partial charge in [-0.25, -0.2) is 18.2 Å². The number of urea groups is 1. The van der Waals surface area contributed by atoms with Crippen LogP contribution in [0.1, 0.15) is 25.7 Å². The van der Waals surface area contributed by atoms with Gasteiger partial charge in [-0.3, -0.25) is 10.1 Å². The molecule has 0 aliphatic heterocycles. The van der Waals surface area contributed by atoms with Gasteiger partial charge in [-0.15, -0.1) is 0 Å². The summed E-state index contributed by atoms with van der Waals surface area (Å²) in [5, 5.41) is 28.1. The highest BCUT2D eigenvalue weighted by Crippen LogP contribution is 2.31. The Bertz CT molecular complexity index is 1370. The fourth-order valence-corrected chi connectivity index (χ4v) is 5.65. The molecular weight excluding hydrogens is 504 g/mol. The maximum absolute atomic E-state index is 12.3. The van der Waals surface area contributed by atoms with E-state index in [4.69, 9.17) is 0 Å². The third-order valence-electron chi connectivity index (χ3n) is 6.01. The first-order chi connectivity index (χ1) is 17.1. The van der Waals surface area contributed by atoms with Crippen molar-refractivity contribution in [3.63, 3.8) is 0 Å². The van der Waals surface area contributed by atoms with Crippen molar-refractivity contribution in [1.82, 2.24) is 15.6 Å². The zero-order chi connectivity index (χ0) is 25.9. The molecule has 10 nitrogen and oxygen atoms in total. The number of aromatic nitrogens is 1. The second-order valence-electron chi connectivity index (χ2n) is 8.80. The smallest absolute Gasteiger partial charge is 0.321 e. The first kappa shape index (κ1) is 26.0. The van der Waals surface area contributed by atoms with Gasteiger partial charge in [0.2, 0.25) is 5.91 Å². The molecule has 1 aliphatic carbocycles. The van der Waals surface area contributed by atoms with Crippen LogP contribution in [0.4, 0.5) is 9.93 Å². The number of sulfone groups is 1. The van der Waals surface area contributed by atoms with Gasteiger partial charge in [0.05, 0.1) is 33.4 Å². The van der Waals surface area contributed by atoms with Crippen LogP contribution < -0.4 is 16.0 Å². The normalized spacial score (nSPS) is 20.1. The van der Waals surface area contributed by atoms with Gasteiger partial charge in [-0.2, -0.15) is 0 Å². The molecule has 36 heavy (non-hydrogen) atoms. The predicted molar refractivity (Wildman–Crippen MR) is 138 cm³/mol. The Kier molecular flexibility index (Phi) is 7.88. The van der Waals surface area contributed by atoms with Crippen LogP contribution in [0.25, 0.3) is 21.3 Å². The number of benzene rings is 2. The second kappa shape index (κ2) is 10.9. The van der Waals surface area contributed by atoms with Gasteiger partial charge in [-0.1, -0.05) is 29.5 Å². The molecule has 3 unspecified atom stereocenters. The van der Waals surface area contributed by atoms with Gasteiger partial charge in [0.25, 0.3) is 0 Å². The number of amides is 3. The van der Waals surface area contributed by atoms with E-state index in [1.165, 1.54) is 17.6 Å². The maximum atomic E-state index is 12.3. The number of thiazole rings is 1. The number of aliphatic hydroxyl groups is 2. The van der Waals surface area contributed by atoms with E-state index >= 15 is 0 Å². The molecule has 192 valence electrons. The Morgan fingerprint density at radius 3 is 2.67 bits per heavy atom. The van der Waals surface area contributed by atoms with Crippen molar-refractivity contribution >= 4 is 48.5 Å². The number of carbonyl (C=O) groups is 2. The summed E-state index contributed by atoms with van der Waals surface area (Å²) < 4.78 is 24.6. The third-order valence-corrected chi connectivity index (χ3v) is 8.05. The monoisotopic (exact) mass is 532 g/mol. The van der Waals surface area contributed by atoms with Gasteiger partial charge in [0, 0.05) is 19.2 Å². The molecule has 0 radical (unpaired) electrons. The van der Waals surface area contributed by atoms with Crippen molar-refractivity contribution in [1.29, 1.82) is 0 Å². The van der Waals surface area contributed by atoms with E-state index in [1.807, 2.05) is 18.2 Å². The topological polar surface area (TPSA) is 158 Å². The van der Waals surface area contributed by atoms with E-state index in [0.29, 0.717) is 23.5 Å². The lowest BCUT2D eigenvalue weighted by Crippen LogP contribution is -2.51. The molecule has 3 atom stereocenters. The number of hydrogen-bond donors (Lipinski definition) is 5. The summed E-state index contributed by atoms with van der Waals surface area (Å²) in [5.74, 6) is -0.319. The van der Waals surface area contributed by atoms with E-state index < -0.39 is 34.1 Å². The Morgan fingerprint density at radius 2 is 1.89 bits per heavy atom. The van der Waals surface area contributed by atoms with Crippen LogP contribution in [0, 0.1) is 0 Å². The summed E-state index contributed by atoms with van der Waals surface area (Å²) in [7, 11) is -3.32. The van der Waals surface area contributed by atoms with Crippen LogP contribution in [-0.4, -0.2) is 66.6 Å². The molecule has 4 rings (SSSR count). The van der Waals surface area contributed by atoms with Gasteiger partial charge < -0.3 is 20.8 Å². The fraction of sp³-hybridized carbons (Fsp3) is 0.375. The van der Waals surface area contributed by atoms with Crippen molar-refractivity contribution in [2.45, 2.75) is 48.8 Å². The van der Waals surface area contributed by atoms with E-state index in [0.717, 1.165) is 22.2 Å². The standard InChI is InChI=1S/C24H28N4O6S2/c1-36(33,34)16-5-2-4-14(12-16)15-8-9-17-20(13-15)35-24(27-17)28-23(32)25-11-10-21(30)26-18-6-3-7-19(29)22(18)31/h2,4-5,8-9,12-13,18-19,22,29,31H,3,6-7,10-11H2,1H3,(H,26,30)(H2,25,27,28,32). The number of aliphatic hydroxyl groups excluding tert-OH is 2. The highest BCUT2D eigenvalue weighted by Gasteiger charge is 2.31. The number of hydrogen-bond acceptors (Lipinski definition) is 8. The molecule has 2 aromatic carbocycles. The summed E-state index contributed by atoms with van der Waals surface area (Å²) in [5.41, 5.74) is 2.27. The summed E-state index contributed by atoms with van der Waals surface area (Å²) in [6.07, 6.45) is 1.21. The zero-order valence-corrected chi connectivity index (χ0v) is 21.2. The maximum Gasteiger partial charge on any atom is 0.321 e. The lowest BCUT2D eigenvalue weighted by molar-refractivity contribution is -0.124. The summed E-state index contributed by atoms with van der Waals surface area (Å²) in [6, 6.07) is 11.2. The van der Waals surface area contributed by atoms with Gasteiger partial charge in [0.1, 0.15) is 0 Å². The first-order valence-electron chi connectivity index (χ1n) is 11.5. The number of nitrogens with zero attached hydrogens (tertiary/aromatic N) is 1. The van der Waals surface area contributed by atoms with Crippen LogP contribution in [0.5, 0.6) is 0 Å². The first-order valence-corrected chi connectivity index (χ1v) is 14.2. The molecule has 0 saturated heterocycles. The molecule has 0 bridgehead atoms. The Labute approximate surface area is 212 Å². The van der Waals surface area contributed by atoms with Crippen molar-refractivity contribution in [3.8, 4) is 11.1 Å². The summed E-state index contributed by atoms with van der Waals surface area (Å²) >= 11 is 1.28. The summed E-state index contributed by atoms with van der Waals surface area (Å²) in [4.78, 5) is 29.0. The molecule has 3 amide bonds. The van der Waals surface area contributed by atoms with Crippen molar-refractivity contribution in [3.05, 3.63) is 42.5 Å². The summed E-state index contributed by atoms with van der Waals surface area (Å²) in [6.45, 7) is 0.0920. The molecule has 1 heterocycles. The number of nitrogens with one attached hydrogen (secondary N) is 3. The number of anilines is 1. The highest BCUT2D eigenvalue weighted by atomic mass is 32.2. The third kappa shape index (κ3) is 6.38. The van der Waals surface area contributed by atoms with Gasteiger partial charge in [-0.05, 0) is 54.7 Å². The Morgan fingerprint density at radius 1 is 1.11 bits per heavy atom. The zero-order valence-electron chi connectivity index (χ0n) is 19.6. The number of rotatable bonds is 7. The number of fused-ring (bicyclic) bond motifs is 1. The Hall–Kier alpha value is -3.06. The molecular formula is C24H28N4O6S2. The van der Waals surface area contributed by atoms with Crippen LogP contribution in [0.2, 0.25) is 0 Å². The average molecular weight is 533 g/mol. The van der Waals surface area contributed by atoms with Crippen LogP contribution in [0.3, 0.4) is 0 Å². The SMILES string of the molecule is CS(=O)(=O)c1cccc(-c2ccc3nc(NC(=O)NCCC(=O)NC4CCCC(O)C4O)sc3c2)c1. The van der Waals surface area contributed by atoms with E-state index in [2.05, 4.69) is 20.9 Å². The molecule has 1 fully saturated rings. The highest BCUT2D eigenvalue weighted by molar-refractivity contribution is 7.90. The Balaban J connectivity index is 1.31. The molecule has 12 heteroatoms. The van der Waals surface area contributed by atoms with E-state index in [-0.39, 0.29) is 23.8 Å². The lowest BCUT2D eigenvalue weighted by atomic mass is 9.90. The average Bonchev–Trinajstić information content (AvgIpc) is 3.23. The quantitative estimate of drug-likeness (QED) is 0.312. The van der Waals surface area contributed by atoms with E-state index in [9.17, 15) is 28.2 Å². The van der Waals surface area contributed by atoms with Gasteiger partial charge in [0.15, 0.2) is 15.0 Å². The fourth-order valence-electron chi connectivity index (χ4n) is 4.09. The molecule has 1 saturated carbocycles. The van der Waals surface area contributed by atoms with Gasteiger partial charge >= 0.3 is 6.03 Å². The van der Waals surface area contributed by atoms with Crippen LogP contribution >= 0.6 is 11.3 Å². The van der Waals surface area contributed by atoms with Crippen molar-refractivity contribution in [2.24, 2.45) is 0 Å². The van der Waals surface area contributed by atoms with Crippen molar-refractivity contribution in [2.75, 3.05) is 18.1 Å². The van der Waals surface area contributed by atoms with Crippen LogP contribution in [0.15, 0.2) is 47.4 Å². The molecule has 5 N–H and O–H groups in total. The number of carbonyl (C=O) groups excluding carboxylic acids is 2. The van der Waals surface area contributed by atoms with Crippen molar-refractivity contribution < 1.29 is 28.2 Å². The second-order valence-corrected chi connectivity index (χ2v) is 11.8. The molecule has 1 aromatic heterocycles. The van der Waals surface area contributed by atoms with Crippen LogP contribution in [-0.2, 0) is 14.6 Å². The largest absolute Gasteiger partial charge is 0.390 e. The molecule has 3 aromatic rings. The molecule has 0 spiro atoms. The molecule has 1 aliphatic rings. The predicted octanol–water partition coefficient (Wildman–Crippen LogP) is 2.27. The minimum absolute atomic E-state index is 0.0302. The van der Waals surface area contributed by atoms with E-state index in [1.54, 1.807) is 24.3 Å².